The first kappa shape index (κ1) is 9.52. The average Bonchev–Trinajstić information content (AvgIpc) is 2.00. The van der Waals surface area contributed by atoms with Gasteiger partial charge in [-0.05, 0) is 13.0 Å². The third-order valence-electron chi connectivity index (χ3n) is 2.03. The van der Waals surface area contributed by atoms with Crippen molar-refractivity contribution in [2.75, 3.05) is 6.54 Å². The molecule has 70 valence electrons. The number of unbranched alkanes of at least 4 members (excludes halogenated alkanes) is 3. The third kappa shape index (κ3) is 3.22. The first-order valence-corrected chi connectivity index (χ1v) is 4.76. The van der Waals surface area contributed by atoms with Gasteiger partial charge in [-0.1, -0.05) is 26.2 Å². The van der Waals surface area contributed by atoms with Gasteiger partial charge in [0.05, 0.1) is 6.42 Å². The highest BCUT2D eigenvalue weighted by Gasteiger charge is 2.26. The smallest absolute Gasteiger partial charge is 0.312 e. The zero-order valence-electron chi connectivity index (χ0n) is 7.64. The largest absolute Gasteiger partial charge is 0.446 e. The molecule has 1 N–H and O–H groups in total. The van der Waals surface area contributed by atoms with Crippen LogP contribution in [0.2, 0.25) is 0 Å². The number of hydrogen-bond donors (Lipinski definition) is 1. The van der Waals surface area contributed by atoms with E-state index in [4.69, 9.17) is 4.74 Å². The Morgan fingerprint density at radius 2 is 2.25 bits per heavy atom. The van der Waals surface area contributed by atoms with Crippen LogP contribution >= 0.6 is 0 Å². The van der Waals surface area contributed by atoms with Crippen molar-refractivity contribution in [3.8, 4) is 0 Å². The van der Waals surface area contributed by atoms with E-state index in [2.05, 4.69) is 12.2 Å². The number of cyclic esters (lactones) is 1. The first-order chi connectivity index (χ1) is 5.83. The standard InChI is InChI=1S/C9H17NO2/c1-2-3-4-5-6-10-8-7-9(11)12-8/h8,10H,2-7H2,1H3. The molecule has 1 aliphatic rings. The fourth-order valence-electron chi connectivity index (χ4n) is 1.23. The van der Waals surface area contributed by atoms with Crippen molar-refractivity contribution in [3.63, 3.8) is 0 Å². The van der Waals surface area contributed by atoms with Crippen LogP contribution < -0.4 is 5.32 Å². The number of rotatable bonds is 6. The zero-order chi connectivity index (χ0) is 8.81. The summed E-state index contributed by atoms with van der Waals surface area (Å²) in [5, 5.41) is 3.17. The normalized spacial score (nSPS) is 21.8. The van der Waals surface area contributed by atoms with E-state index in [1.165, 1.54) is 25.7 Å². The van der Waals surface area contributed by atoms with Gasteiger partial charge in [0.15, 0.2) is 6.23 Å². The molecule has 1 atom stereocenters. The molecule has 0 spiro atoms. The average molecular weight is 171 g/mol. The van der Waals surface area contributed by atoms with Crippen LogP contribution in [0.1, 0.15) is 39.0 Å². The lowest BCUT2D eigenvalue weighted by Gasteiger charge is -2.26. The predicted molar refractivity (Wildman–Crippen MR) is 46.6 cm³/mol. The lowest BCUT2D eigenvalue weighted by Crippen LogP contribution is -2.44. The molecule has 1 heterocycles. The molecule has 1 unspecified atom stereocenters. The molecule has 0 bridgehead atoms. The fraction of sp³-hybridized carbons (Fsp3) is 0.889. The van der Waals surface area contributed by atoms with Crippen molar-refractivity contribution in [1.29, 1.82) is 0 Å². The van der Waals surface area contributed by atoms with E-state index in [-0.39, 0.29) is 12.2 Å². The molecule has 3 heteroatoms. The number of esters is 1. The maximum atomic E-state index is 10.4. The number of carbonyl (C=O) groups excluding carboxylic acids is 1. The summed E-state index contributed by atoms with van der Waals surface area (Å²) in [5.41, 5.74) is 0. The van der Waals surface area contributed by atoms with E-state index in [0.29, 0.717) is 6.42 Å². The number of hydrogen-bond acceptors (Lipinski definition) is 3. The zero-order valence-corrected chi connectivity index (χ0v) is 7.64. The molecule has 0 aliphatic carbocycles. The van der Waals surface area contributed by atoms with Crippen LogP contribution in [0.25, 0.3) is 0 Å². The van der Waals surface area contributed by atoms with Crippen molar-refractivity contribution >= 4 is 5.97 Å². The molecule has 1 aliphatic heterocycles. The Morgan fingerprint density at radius 3 is 2.83 bits per heavy atom. The van der Waals surface area contributed by atoms with Crippen LogP contribution in [0, 0.1) is 0 Å². The second-order valence-corrected chi connectivity index (χ2v) is 3.20. The molecule has 12 heavy (non-hydrogen) atoms. The minimum atomic E-state index is -0.0824. The molecule has 0 amide bonds. The summed E-state index contributed by atoms with van der Waals surface area (Å²) < 4.78 is 4.80. The Labute approximate surface area is 73.5 Å². The van der Waals surface area contributed by atoms with Gasteiger partial charge in [-0.15, -0.1) is 0 Å². The van der Waals surface area contributed by atoms with Gasteiger partial charge in [-0.3, -0.25) is 10.1 Å². The molecule has 3 nitrogen and oxygen atoms in total. The predicted octanol–water partition coefficient (Wildman–Crippen LogP) is 1.43. The van der Waals surface area contributed by atoms with E-state index in [1.54, 1.807) is 0 Å². The maximum absolute atomic E-state index is 10.4. The summed E-state index contributed by atoms with van der Waals surface area (Å²) in [7, 11) is 0. The summed E-state index contributed by atoms with van der Waals surface area (Å²) in [6.07, 6.45) is 5.57. The van der Waals surface area contributed by atoms with Crippen LogP contribution in [0.4, 0.5) is 0 Å². The van der Waals surface area contributed by atoms with Gasteiger partial charge in [-0.25, -0.2) is 0 Å². The van der Waals surface area contributed by atoms with E-state index >= 15 is 0 Å². The summed E-state index contributed by atoms with van der Waals surface area (Å²) in [5.74, 6) is -0.0824. The molecule has 0 saturated carbocycles. The Balaban J connectivity index is 1.80. The quantitative estimate of drug-likeness (QED) is 0.485. The summed E-state index contributed by atoms with van der Waals surface area (Å²) in [4.78, 5) is 10.4. The van der Waals surface area contributed by atoms with Crippen LogP contribution in [-0.4, -0.2) is 18.7 Å². The highest BCUT2D eigenvalue weighted by atomic mass is 16.6. The van der Waals surface area contributed by atoms with Crippen molar-refractivity contribution in [1.82, 2.24) is 5.32 Å². The number of carbonyl (C=O) groups is 1. The first-order valence-electron chi connectivity index (χ1n) is 4.76. The molecule has 0 radical (unpaired) electrons. The van der Waals surface area contributed by atoms with E-state index in [9.17, 15) is 4.79 Å². The van der Waals surface area contributed by atoms with Crippen molar-refractivity contribution in [2.45, 2.75) is 45.3 Å². The van der Waals surface area contributed by atoms with Gasteiger partial charge in [-0.2, -0.15) is 0 Å². The van der Waals surface area contributed by atoms with Crippen LogP contribution in [0.15, 0.2) is 0 Å². The second-order valence-electron chi connectivity index (χ2n) is 3.20. The fourth-order valence-corrected chi connectivity index (χ4v) is 1.23. The Hall–Kier alpha value is -0.570. The van der Waals surface area contributed by atoms with Crippen molar-refractivity contribution in [3.05, 3.63) is 0 Å². The van der Waals surface area contributed by atoms with Crippen molar-refractivity contribution in [2.24, 2.45) is 0 Å². The number of nitrogens with one attached hydrogen (secondary N) is 1. The maximum Gasteiger partial charge on any atom is 0.312 e. The second kappa shape index (κ2) is 5.14. The van der Waals surface area contributed by atoms with E-state index in [1.807, 2.05) is 0 Å². The van der Waals surface area contributed by atoms with Crippen LogP contribution in [0.5, 0.6) is 0 Å². The summed E-state index contributed by atoms with van der Waals surface area (Å²) in [6.45, 7) is 3.17. The third-order valence-corrected chi connectivity index (χ3v) is 2.03. The van der Waals surface area contributed by atoms with Crippen LogP contribution in [-0.2, 0) is 9.53 Å². The van der Waals surface area contributed by atoms with Gasteiger partial charge in [0.1, 0.15) is 0 Å². The molecule has 0 aromatic rings. The molecule has 0 aromatic heterocycles. The SMILES string of the molecule is CCCCCCNC1CC(=O)O1. The van der Waals surface area contributed by atoms with E-state index < -0.39 is 0 Å². The molecule has 1 rings (SSSR count). The Bertz CT molecular complexity index is 139. The van der Waals surface area contributed by atoms with Crippen molar-refractivity contribution < 1.29 is 9.53 Å². The molecule has 0 aromatic carbocycles. The lowest BCUT2D eigenvalue weighted by molar-refractivity contribution is -0.172. The molecular formula is C9H17NO2. The van der Waals surface area contributed by atoms with Crippen LogP contribution in [0.3, 0.4) is 0 Å². The molecule has 1 saturated heterocycles. The van der Waals surface area contributed by atoms with Gasteiger partial charge >= 0.3 is 5.97 Å². The van der Waals surface area contributed by atoms with Gasteiger partial charge in [0, 0.05) is 0 Å². The van der Waals surface area contributed by atoms with E-state index in [0.717, 1.165) is 6.54 Å². The molecular weight excluding hydrogens is 154 g/mol. The molecule has 1 fully saturated rings. The van der Waals surface area contributed by atoms with Gasteiger partial charge in [0.2, 0.25) is 0 Å². The van der Waals surface area contributed by atoms with Gasteiger partial charge in [0.25, 0.3) is 0 Å². The minimum absolute atomic E-state index is 0.0131. The minimum Gasteiger partial charge on any atom is -0.446 e. The topological polar surface area (TPSA) is 38.3 Å². The Morgan fingerprint density at radius 1 is 1.50 bits per heavy atom. The number of ether oxygens (including phenoxy) is 1. The van der Waals surface area contributed by atoms with Gasteiger partial charge < -0.3 is 4.74 Å². The summed E-state index contributed by atoms with van der Waals surface area (Å²) in [6, 6.07) is 0. The monoisotopic (exact) mass is 171 g/mol. The highest BCUT2D eigenvalue weighted by molar-refractivity contribution is 5.74. The highest BCUT2D eigenvalue weighted by Crippen LogP contribution is 2.09. The lowest BCUT2D eigenvalue weighted by atomic mass is 10.2. The summed E-state index contributed by atoms with van der Waals surface area (Å²) >= 11 is 0. The Kier molecular flexibility index (Phi) is 4.08.